The fourth-order valence-corrected chi connectivity index (χ4v) is 5.10. The molecule has 1 aliphatic heterocycles. The van der Waals surface area contributed by atoms with Gasteiger partial charge in [-0.05, 0) is 86.4 Å². The highest BCUT2D eigenvalue weighted by atomic mass is 19.1. The Kier molecular flexibility index (Phi) is 5.77. The third-order valence-electron chi connectivity index (χ3n) is 7.04. The van der Waals surface area contributed by atoms with Gasteiger partial charge in [0.15, 0.2) is 0 Å². The van der Waals surface area contributed by atoms with Crippen LogP contribution in [0.1, 0.15) is 25.3 Å². The van der Waals surface area contributed by atoms with Gasteiger partial charge in [0.25, 0.3) is 0 Å². The van der Waals surface area contributed by atoms with Gasteiger partial charge in [-0.3, -0.25) is 9.58 Å². The maximum atomic E-state index is 14.6. The largest absolute Gasteiger partial charge is 0.399 e. The summed E-state index contributed by atoms with van der Waals surface area (Å²) in [5, 5.41) is 5.85. The lowest BCUT2D eigenvalue weighted by Crippen LogP contribution is -2.19. The van der Waals surface area contributed by atoms with Gasteiger partial charge in [-0.25, -0.2) is 9.37 Å². The molecule has 0 radical (unpaired) electrons. The van der Waals surface area contributed by atoms with Crippen LogP contribution in [0.4, 0.5) is 10.1 Å². The van der Waals surface area contributed by atoms with E-state index in [2.05, 4.69) is 34.1 Å². The van der Waals surface area contributed by atoms with Crippen LogP contribution in [0.2, 0.25) is 0 Å². The van der Waals surface area contributed by atoms with E-state index in [0.29, 0.717) is 6.54 Å². The SMILES string of the molecule is CCn1cc(-c2ccnc3[nH]c(-c4ccc(F)c(CN5CCCC5)c4)cc23)c(-c2ccc(N)cc2)n1. The van der Waals surface area contributed by atoms with Crippen LogP contribution in [0.25, 0.3) is 44.7 Å². The zero-order chi connectivity index (χ0) is 24.6. The minimum Gasteiger partial charge on any atom is -0.399 e. The Morgan fingerprint density at radius 2 is 1.75 bits per heavy atom. The number of aromatic nitrogens is 4. The number of fused-ring (bicyclic) bond motifs is 1. The number of hydrogen-bond acceptors (Lipinski definition) is 4. The Hall–Kier alpha value is -3.97. The molecule has 0 saturated carbocycles. The predicted octanol–water partition coefficient (Wildman–Crippen LogP) is 6.10. The molecular weight excluding hydrogens is 451 g/mol. The normalized spacial score (nSPS) is 14.2. The number of pyridine rings is 1. The summed E-state index contributed by atoms with van der Waals surface area (Å²) in [5.41, 5.74) is 14.0. The number of nitrogens with two attached hydrogens (primary N) is 1. The fraction of sp³-hybridized carbons (Fsp3) is 0.241. The second kappa shape index (κ2) is 9.24. The number of rotatable bonds is 6. The number of nitrogens with zero attached hydrogens (tertiary/aromatic N) is 4. The summed E-state index contributed by atoms with van der Waals surface area (Å²) < 4.78 is 16.6. The Morgan fingerprint density at radius 1 is 0.972 bits per heavy atom. The highest BCUT2D eigenvalue weighted by Crippen LogP contribution is 2.37. The average molecular weight is 481 g/mol. The van der Waals surface area contributed by atoms with E-state index in [1.54, 1.807) is 6.07 Å². The van der Waals surface area contributed by atoms with Crippen LogP contribution in [0.15, 0.2) is 67.0 Å². The number of nitrogen functional groups attached to an aromatic ring is 1. The van der Waals surface area contributed by atoms with Gasteiger partial charge in [0.2, 0.25) is 0 Å². The molecular formula is C29H29FN6. The summed E-state index contributed by atoms with van der Waals surface area (Å²) in [4.78, 5) is 10.4. The second-order valence-corrected chi connectivity index (χ2v) is 9.46. The van der Waals surface area contributed by atoms with Gasteiger partial charge in [-0.1, -0.05) is 12.1 Å². The van der Waals surface area contributed by atoms with E-state index >= 15 is 0 Å². The van der Waals surface area contributed by atoms with E-state index in [-0.39, 0.29) is 5.82 Å². The van der Waals surface area contributed by atoms with Crippen molar-refractivity contribution >= 4 is 16.7 Å². The summed E-state index contributed by atoms with van der Waals surface area (Å²) in [6, 6.07) is 17.3. The van der Waals surface area contributed by atoms with Gasteiger partial charge in [0, 0.05) is 58.9 Å². The van der Waals surface area contributed by atoms with Gasteiger partial charge in [0.05, 0.1) is 0 Å². The van der Waals surface area contributed by atoms with Gasteiger partial charge in [-0.15, -0.1) is 0 Å². The van der Waals surface area contributed by atoms with Crippen molar-refractivity contribution in [1.82, 2.24) is 24.6 Å². The first-order chi connectivity index (χ1) is 17.6. The predicted molar refractivity (Wildman–Crippen MR) is 143 cm³/mol. The standard InChI is InChI=1S/C29H29FN6/c1-2-36-18-25(28(34-36)19-5-8-22(31)9-6-19)23-11-12-32-29-24(23)16-27(33-29)20-7-10-26(30)21(15-20)17-35-13-3-4-14-35/h5-12,15-16,18H,2-4,13-14,17,31H2,1H3,(H,32,33). The smallest absolute Gasteiger partial charge is 0.138 e. The molecule has 182 valence electrons. The van der Waals surface area contributed by atoms with E-state index in [9.17, 15) is 4.39 Å². The van der Waals surface area contributed by atoms with Crippen LogP contribution in [0.5, 0.6) is 0 Å². The van der Waals surface area contributed by atoms with Crippen LogP contribution in [-0.2, 0) is 13.1 Å². The number of nitrogens with one attached hydrogen (secondary N) is 1. The van der Waals surface area contributed by atoms with E-state index in [1.807, 2.05) is 53.3 Å². The number of anilines is 1. The van der Waals surface area contributed by atoms with Gasteiger partial charge >= 0.3 is 0 Å². The fourth-order valence-electron chi connectivity index (χ4n) is 5.10. The first-order valence-corrected chi connectivity index (χ1v) is 12.5. The Bertz CT molecular complexity index is 1530. The number of aryl methyl sites for hydroxylation is 1. The van der Waals surface area contributed by atoms with E-state index in [1.165, 1.54) is 12.8 Å². The molecule has 7 heteroatoms. The van der Waals surface area contributed by atoms with Crippen molar-refractivity contribution in [2.75, 3.05) is 18.8 Å². The number of hydrogen-bond donors (Lipinski definition) is 2. The van der Waals surface area contributed by atoms with Crippen molar-refractivity contribution in [3.05, 3.63) is 78.4 Å². The Morgan fingerprint density at radius 3 is 2.53 bits per heavy atom. The van der Waals surface area contributed by atoms with Crippen LogP contribution in [0, 0.1) is 5.82 Å². The monoisotopic (exact) mass is 480 g/mol. The average Bonchev–Trinajstić information content (AvgIpc) is 3.65. The summed E-state index contributed by atoms with van der Waals surface area (Å²) in [5.74, 6) is -0.152. The van der Waals surface area contributed by atoms with Crippen molar-refractivity contribution in [2.24, 2.45) is 0 Å². The molecule has 0 aliphatic carbocycles. The maximum absolute atomic E-state index is 14.6. The number of H-pyrrole nitrogens is 1. The third kappa shape index (κ3) is 4.16. The van der Waals surface area contributed by atoms with Crippen LogP contribution in [-0.4, -0.2) is 37.7 Å². The van der Waals surface area contributed by atoms with E-state index in [0.717, 1.165) is 75.6 Å². The van der Waals surface area contributed by atoms with Gasteiger partial charge in [-0.2, -0.15) is 5.10 Å². The lowest BCUT2D eigenvalue weighted by Gasteiger charge is -2.15. The summed E-state index contributed by atoms with van der Waals surface area (Å²) >= 11 is 0. The molecule has 6 rings (SSSR count). The number of aromatic amines is 1. The van der Waals surface area contributed by atoms with E-state index in [4.69, 9.17) is 10.8 Å². The molecule has 36 heavy (non-hydrogen) atoms. The quantitative estimate of drug-likeness (QED) is 0.288. The molecule has 0 atom stereocenters. The minimum absolute atomic E-state index is 0.152. The van der Waals surface area contributed by atoms with Crippen molar-refractivity contribution in [1.29, 1.82) is 0 Å². The molecule has 1 saturated heterocycles. The van der Waals surface area contributed by atoms with Crippen LogP contribution >= 0.6 is 0 Å². The number of halogens is 1. The molecule has 3 aromatic heterocycles. The minimum atomic E-state index is -0.152. The molecule has 3 N–H and O–H groups in total. The van der Waals surface area contributed by atoms with Crippen molar-refractivity contribution in [3.8, 4) is 33.6 Å². The lowest BCUT2D eigenvalue weighted by atomic mass is 9.99. The van der Waals surface area contributed by atoms with Gasteiger partial charge in [0.1, 0.15) is 17.2 Å². The molecule has 1 aliphatic rings. The molecule has 5 aromatic rings. The summed E-state index contributed by atoms with van der Waals surface area (Å²) in [7, 11) is 0. The number of likely N-dealkylation sites (tertiary alicyclic amines) is 1. The highest BCUT2D eigenvalue weighted by Gasteiger charge is 2.18. The van der Waals surface area contributed by atoms with Crippen molar-refractivity contribution in [3.63, 3.8) is 0 Å². The van der Waals surface area contributed by atoms with E-state index < -0.39 is 0 Å². The molecule has 6 nitrogen and oxygen atoms in total. The molecule has 2 aromatic carbocycles. The summed E-state index contributed by atoms with van der Waals surface area (Å²) in [6.45, 7) is 5.55. The zero-order valence-electron chi connectivity index (χ0n) is 20.3. The van der Waals surface area contributed by atoms with Crippen LogP contribution in [0.3, 0.4) is 0 Å². The first-order valence-electron chi connectivity index (χ1n) is 12.5. The summed E-state index contributed by atoms with van der Waals surface area (Å²) in [6.07, 6.45) is 6.27. The Labute approximate surface area is 209 Å². The van der Waals surface area contributed by atoms with Gasteiger partial charge < -0.3 is 10.7 Å². The zero-order valence-corrected chi connectivity index (χ0v) is 20.3. The van der Waals surface area contributed by atoms with Crippen molar-refractivity contribution < 1.29 is 4.39 Å². The Balaban J connectivity index is 1.43. The topological polar surface area (TPSA) is 75.8 Å². The van der Waals surface area contributed by atoms with Crippen molar-refractivity contribution in [2.45, 2.75) is 32.9 Å². The number of benzene rings is 2. The molecule has 0 unspecified atom stereocenters. The molecule has 0 bridgehead atoms. The molecule has 1 fully saturated rings. The maximum Gasteiger partial charge on any atom is 0.138 e. The third-order valence-corrected chi connectivity index (χ3v) is 7.04. The molecule has 0 amide bonds. The second-order valence-electron chi connectivity index (χ2n) is 9.46. The highest BCUT2D eigenvalue weighted by molar-refractivity contribution is 5.99. The first kappa shape index (κ1) is 22.5. The lowest BCUT2D eigenvalue weighted by molar-refractivity contribution is 0.325. The molecule has 4 heterocycles. The molecule has 0 spiro atoms. The van der Waals surface area contributed by atoms with Crippen LogP contribution < -0.4 is 5.73 Å².